The van der Waals surface area contributed by atoms with Gasteiger partial charge in [0.15, 0.2) is 6.10 Å². The van der Waals surface area contributed by atoms with E-state index in [0.29, 0.717) is 19.3 Å². The minimum Gasteiger partial charge on any atom is -0.462 e. The van der Waals surface area contributed by atoms with E-state index >= 15 is 0 Å². The van der Waals surface area contributed by atoms with Crippen molar-refractivity contribution < 1.29 is 28.6 Å². The molecule has 0 rings (SSSR count). The van der Waals surface area contributed by atoms with Gasteiger partial charge in [0.2, 0.25) is 0 Å². The molecule has 0 spiro atoms. The van der Waals surface area contributed by atoms with Gasteiger partial charge >= 0.3 is 17.9 Å². The Balaban J connectivity index is 4.22. The van der Waals surface area contributed by atoms with Gasteiger partial charge in [-0.1, -0.05) is 234 Å². The fraction of sp³-hybridized carbons (Fsp3) is 0.940. The van der Waals surface area contributed by atoms with Crippen LogP contribution in [0.4, 0.5) is 0 Å². The second kappa shape index (κ2) is 43.0. The second-order valence-electron chi connectivity index (χ2n) is 17.8. The highest BCUT2D eigenvalue weighted by Gasteiger charge is 2.19. The molecular formula is C50H96O6. The van der Waals surface area contributed by atoms with Crippen molar-refractivity contribution in [3.8, 4) is 0 Å². The number of carbonyl (C=O) groups is 3. The Labute approximate surface area is 348 Å². The third-order valence-electron chi connectivity index (χ3n) is 11.6. The van der Waals surface area contributed by atoms with Gasteiger partial charge in [0.05, 0.1) is 0 Å². The minimum atomic E-state index is -0.760. The van der Waals surface area contributed by atoms with Crippen molar-refractivity contribution in [2.24, 2.45) is 11.8 Å². The summed E-state index contributed by atoms with van der Waals surface area (Å²) in [5.41, 5.74) is 0. The van der Waals surface area contributed by atoms with Crippen LogP contribution in [-0.4, -0.2) is 37.2 Å². The molecule has 0 aliphatic heterocycles. The number of unbranched alkanes of at least 4 members (excludes halogenated alkanes) is 28. The monoisotopic (exact) mass is 793 g/mol. The number of esters is 3. The van der Waals surface area contributed by atoms with Crippen molar-refractivity contribution in [2.45, 2.75) is 278 Å². The van der Waals surface area contributed by atoms with E-state index < -0.39 is 6.10 Å². The van der Waals surface area contributed by atoms with E-state index in [1.54, 1.807) is 0 Å². The van der Waals surface area contributed by atoms with E-state index in [9.17, 15) is 14.4 Å². The van der Waals surface area contributed by atoms with E-state index in [4.69, 9.17) is 14.2 Å². The molecule has 332 valence electrons. The van der Waals surface area contributed by atoms with Gasteiger partial charge in [-0.15, -0.1) is 0 Å². The van der Waals surface area contributed by atoms with Gasteiger partial charge in [0.25, 0.3) is 0 Å². The van der Waals surface area contributed by atoms with Gasteiger partial charge in [-0.05, 0) is 31.1 Å². The molecule has 0 N–H and O–H groups in total. The van der Waals surface area contributed by atoms with E-state index in [2.05, 4.69) is 34.6 Å². The van der Waals surface area contributed by atoms with Crippen LogP contribution in [0.1, 0.15) is 272 Å². The summed E-state index contributed by atoms with van der Waals surface area (Å²) in [6.07, 6.45) is 42.4. The molecule has 6 nitrogen and oxygen atoms in total. The predicted molar refractivity (Wildman–Crippen MR) is 238 cm³/mol. The first-order valence-corrected chi connectivity index (χ1v) is 24.8. The van der Waals surface area contributed by atoms with Crippen molar-refractivity contribution in [3.63, 3.8) is 0 Å². The van der Waals surface area contributed by atoms with Crippen molar-refractivity contribution in [1.29, 1.82) is 0 Å². The van der Waals surface area contributed by atoms with Crippen LogP contribution in [-0.2, 0) is 28.6 Å². The lowest BCUT2D eigenvalue weighted by Gasteiger charge is -2.18. The zero-order valence-electron chi connectivity index (χ0n) is 38.3. The molecule has 0 bridgehead atoms. The average molecular weight is 793 g/mol. The third kappa shape index (κ3) is 42.0. The molecule has 0 heterocycles. The molecule has 0 aromatic carbocycles. The fourth-order valence-electron chi connectivity index (χ4n) is 7.43. The predicted octanol–water partition coefficient (Wildman–Crippen LogP) is 15.8. The molecule has 0 aliphatic rings. The van der Waals surface area contributed by atoms with Crippen molar-refractivity contribution in [3.05, 3.63) is 0 Å². The number of carbonyl (C=O) groups excluding carboxylic acids is 3. The van der Waals surface area contributed by atoms with E-state index in [1.165, 1.54) is 161 Å². The summed E-state index contributed by atoms with van der Waals surface area (Å²) in [5, 5.41) is 0. The summed E-state index contributed by atoms with van der Waals surface area (Å²) >= 11 is 0. The van der Waals surface area contributed by atoms with Crippen molar-refractivity contribution in [2.75, 3.05) is 13.2 Å². The average Bonchev–Trinajstić information content (AvgIpc) is 3.18. The molecule has 6 heteroatoms. The number of hydrogen-bond acceptors (Lipinski definition) is 6. The Morgan fingerprint density at radius 1 is 0.375 bits per heavy atom. The zero-order valence-corrected chi connectivity index (χ0v) is 38.3. The molecule has 56 heavy (non-hydrogen) atoms. The highest BCUT2D eigenvalue weighted by molar-refractivity contribution is 5.71. The zero-order chi connectivity index (χ0) is 41.2. The Bertz CT molecular complexity index is 856. The highest BCUT2D eigenvalue weighted by atomic mass is 16.6. The number of hydrogen-bond donors (Lipinski definition) is 0. The van der Waals surface area contributed by atoms with Crippen LogP contribution in [0.3, 0.4) is 0 Å². The highest BCUT2D eigenvalue weighted by Crippen LogP contribution is 2.18. The number of ether oxygens (including phenoxy) is 3. The standard InChI is InChI=1S/C50H96O6/c1-6-8-9-10-23-30-35-40-48(51)54-43-47(56-50(53)42-37-32-27-22-18-17-20-25-29-34-39-46(5)7-2)44-55-49(52)41-36-31-26-21-16-14-12-11-13-15-19-24-28-33-38-45(3)4/h45-47H,6-44H2,1-5H3/t46?,47-/m1/s1. The molecular weight excluding hydrogens is 697 g/mol. The van der Waals surface area contributed by atoms with E-state index in [1.807, 2.05) is 0 Å². The normalized spacial score (nSPS) is 12.5. The van der Waals surface area contributed by atoms with Crippen LogP contribution in [0.2, 0.25) is 0 Å². The summed E-state index contributed by atoms with van der Waals surface area (Å²) < 4.78 is 16.7. The van der Waals surface area contributed by atoms with Crippen LogP contribution in [0.15, 0.2) is 0 Å². The Morgan fingerprint density at radius 2 is 0.679 bits per heavy atom. The lowest BCUT2D eigenvalue weighted by molar-refractivity contribution is -0.167. The first-order valence-electron chi connectivity index (χ1n) is 24.8. The molecule has 0 saturated heterocycles. The van der Waals surface area contributed by atoms with Crippen LogP contribution < -0.4 is 0 Å². The van der Waals surface area contributed by atoms with Crippen LogP contribution >= 0.6 is 0 Å². The molecule has 0 amide bonds. The van der Waals surface area contributed by atoms with Crippen molar-refractivity contribution >= 4 is 17.9 Å². The maximum absolute atomic E-state index is 12.7. The quantitative estimate of drug-likeness (QED) is 0.0347. The smallest absolute Gasteiger partial charge is 0.306 e. The molecule has 0 aliphatic carbocycles. The van der Waals surface area contributed by atoms with Crippen LogP contribution in [0.25, 0.3) is 0 Å². The number of rotatable bonds is 44. The largest absolute Gasteiger partial charge is 0.462 e. The molecule has 2 atom stereocenters. The van der Waals surface area contributed by atoms with E-state index in [0.717, 1.165) is 69.6 Å². The van der Waals surface area contributed by atoms with Gasteiger partial charge in [0.1, 0.15) is 13.2 Å². The molecule has 0 saturated carbocycles. The first-order chi connectivity index (χ1) is 27.3. The SMILES string of the molecule is CCCCCCCCCC(=O)OC[C@H](COC(=O)CCCCCCCCCCCCCCCCC(C)C)OC(=O)CCCCCCCCCCCCC(C)CC. The third-order valence-corrected chi connectivity index (χ3v) is 11.6. The summed E-state index contributed by atoms with van der Waals surface area (Å²) in [6.45, 7) is 11.4. The topological polar surface area (TPSA) is 78.9 Å². The summed E-state index contributed by atoms with van der Waals surface area (Å²) in [6, 6.07) is 0. The van der Waals surface area contributed by atoms with Crippen molar-refractivity contribution in [1.82, 2.24) is 0 Å². The Morgan fingerprint density at radius 3 is 1.02 bits per heavy atom. The van der Waals surface area contributed by atoms with Gasteiger partial charge in [0, 0.05) is 19.3 Å². The lowest BCUT2D eigenvalue weighted by atomic mass is 9.99. The first kappa shape index (κ1) is 54.4. The van der Waals surface area contributed by atoms with Gasteiger partial charge in [-0.3, -0.25) is 14.4 Å². The maximum Gasteiger partial charge on any atom is 0.306 e. The Kier molecular flexibility index (Phi) is 41.8. The lowest BCUT2D eigenvalue weighted by Crippen LogP contribution is -2.30. The van der Waals surface area contributed by atoms with E-state index in [-0.39, 0.29) is 31.1 Å². The maximum atomic E-state index is 12.7. The van der Waals surface area contributed by atoms with Crippen LogP contribution in [0.5, 0.6) is 0 Å². The fourth-order valence-corrected chi connectivity index (χ4v) is 7.43. The Hall–Kier alpha value is -1.59. The van der Waals surface area contributed by atoms with Gasteiger partial charge in [-0.25, -0.2) is 0 Å². The van der Waals surface area contributed by atoms with Gasteiger partial charge < -0.3 is 14.2 Å². The summed E-state index contributed by atoms with van der Waals surface area (Å²) in [5.74, 6) is 0.854. The molecule has 0 fully saturated rings. The molecule has 0 aromatic rings. The minimum absolute atomic E-state index is 0.0644. The molecule has 1 unspecified atom stereocenters. The summed E-state index contributed by atoms with van der Waals surface area (Å²) in [7, 11) is 0. The molecule has 0 aromatic heterocycles. The second-order valence-corrected chi connectivity index (χ2v) is 17.8. The summed E-state index contributed by atoms with van der Waals surface area (Å²) in [4.78, 5) is 37.7. The van der Waals surface area contributed by atoms with Gasteiger partial charge in [-0.2, -0.15) is 0 Å². The van der Waals surface area contributed by atoms with Crippen LogP contribution in [0, 0.1) is 11.8 Å². The molecule has 0 radical (unpaired) electrons.